The number of nitrogen functional groups attached to an aromatic ring is 1. The smallest absolute Gasteiger partial charge is 0.139 e. The average molecular weight is 306 g/mol. The molecule has 18 heavy (non-hydrogen) atoms. The molecular weight excluding hydrogens is 297 g/mol. The maximum Gasteiger partial charge on any atom is 0.139 e. The summed E-state index contributed by atoms with van der Waals surface area (Å²) in [7, 11) is 0. The highest BCUT2D eigenvalue weighted by Crippen LogP contribution is 2.29. The number of hydrogen-bond acceptors (Lipinski definition) is 3. The predicted molar refractivity (Wildman–Crippen MR) is 73.0 cm³/mol. The van der Waals surface area contributed by atoms with Gasteiger partial charge in [-0.05, 0) is 40.2 Å². The molecule has 0 bridgehead atoms. The lowest BCUT2D eigenvalue weighted by molar-refractivity contribution is 0.622. The molecule has 0 amide bonds. The Morgan fingerprint density at radius 1 is 1.28 bits per heavy atom. The SMILES string of the molecule is N#Cc1cccc(Nc2cc(F)c(Br)cc2N)c1. The maximum atomic E-state index is 13.4. The van der Waals surface area contributed by atoms with Gasteiger partial charge >= 0.3 is 0 Å². The summed E-state index contributed by atoms with van der Waals surface area (Å²) in [6.07, 6.45) is 0. The van der Waals surface area contributed by atoms with Crippen LogP contribution in [0.5, 0.6) is 0 Å². The molecule has 2 aromatic rings. The van der Waals surface area contributed by atoms with E-state index in [1.54, 1.807) is 24.3 Å². The predicted octanol–water partition coefficient (Wildman–Crippen LogP) is 3.79. The van der Waals surface area contributed by atoms with E-state index >= 15 is 0 Å². The summed E-state index contributed by atoms with van der Waals surface area (Å²) >= 11 is 3.06. The fourth-order valence-electron chi connectivity index (χ4n) is 1.49. The molecule has 0 atom stereocenters. The Bertz CT molecular complexity index is 635. The first-order valence-corrected chi connectivity index (χ1v) is 5.91. The van der Waals surface area contributed by atoms with Crippen LogP contribution < -0.4 is 11.1 Å². The highest BCUT2D eigenvalue weighted by atomic mass is 79.9. The minimum Gasteiger partial charge on any atom is -0.397 e. The summed E-state index contributed by atoms with van der Waals surface area (Å²) in [6.45, 7) is 0. The Labute approximate surface area is 112 Å². The minimum absolute atomic E-state index is 0.316. The molecule has 0 saturated heterocycles. The van der Waals surface area contributed by atoms with E-state index in [9.17, 15) is 4.39 Å². The largest absolute Gasteiger partial charge is 0.397 e. The van der Waals surface area contributed by atoms with Crippen molar-refractivity contribution in [1.29, 1.82) is 5.26 Å². The van der Waals surface area contributed by atoms with E-state index in [-0.39, 0.29) is 0 Å². The third kappa shape index (κ3) is 2.60. The lowest BCUT2D eigenvalue weighted by Crippen LogP contribution is -1.98. The number of nitriles is 1. The molecule has 0 heterocycles. The number of nitrogens with zero attached hydrogens (tertiary/aromatic N) is 1. The number of nitrogens with two attached hydrogens (primary N) is 1. The molecule has 0 radical (unpaired) electrons. The van der Waals surface area contributed by atoms with Gasteiger partial charge in [0.1, 0.15) is 5.82 Å². The van der Waals surface area contributed by atoms with Crippen molar-refractivity contribution in [3.63, 3.8) is 0 Å². The second-order valence-corrected chi connectivity index (χ2v) is 4.53. The molecular formula is C13H9BrFN3. The van der Waals surface area contributed by atoms with Crippen molar-refractivity contribution in [3.8, 4) is 6.07 Å². The molecule has 0 unspecified atom stereocenters. The molecule has 2 rings (SSSR count). The van der Waals surface area contributed by atoms with Crippen LogP contribution in [0.15, 0.2) is 40.9 Å². The van der Waals surface area contributed by atoms with E-state index in [4.69, 9.17) is 11.0 Å². The van der Waals surface area contributed by atoms with Crippen LogP contribution in [0.2, 0.25) is 0 Å². The van der Waals surface area contributed by atoms with E-state index in [0.717, 1.165) is 0 Å². The zero-order valence-corrected chi connectivity index (χ0v) is 10.8. The van der Waals surface area contributed by atoms with Crippen LogP contribution >= 0.6 is 15.9 Å². The van der Waals surface area contributed by atoms with Crippen molar-refractivity contribution in [1.82, 2.24) is 0 Å². The Kier molecular flexibility index (Phi) is 3.49. The molecule has 3 nitrogen and oxygen atoms in total. The number of benzene rings is 2. The normalized spacial score (nSPS) is 9.83. The molecule has 2 aromatic carbocycles. The molecule has 90 valence electrons. The van der Waals surface area contributed by atoms with Gasteiger partial charge in [-0.1, -0.05) is 6.07 Å². The molecule has 0 aliphatic carbocycles. The molecule has 0 aliphatic heterocycles. The monoisotopic (exact) mass is 305 g/mol. The van der Waals surface area contributed by atoms with Crippen LogP contribution in [0.4, 0.5) is 21.5 Å². The van der Waals surface area contributed by atoms with Crippen molar-refractivity contribution in [3.05, 3.63) is 52.3 Å². The van der Waals surface area contributed by atoms with Gasteiger partial charge in [0, 0.05) is 11.8 Å². The zero-order chi connectivity index (χ0) is 13.1. The number of hydrogen-bond donors (Lipinski definition) is 2. The number of anilines is 3. The van der Waals surface area contributed by atoms with Gasteiger partial charge in [-0.2, -0.15) is 5.26 Å². The highest BCUT2D eigenvalue weighted by Gasteiger charge is 2.06. The minimum atomic E-state index is -0.400. The lowest BCUT2D eigenvalue weighted by Gasteiger charge is -2.10. The van der Waals surface area contributed by atoms with Crippen LogP contribution in [0, 0.1) is 17.1 Å². The van der Waals surface area contributed by atoms with Crippen molar-refractivity contribution < 1.29 is 4.39 Å². The lowest BCUT2D eigenvalue weighted by atomic mass is 10.2. The average Bonchev–Trinajstić information content (AvgIpc) is 2.36. The standard InChI is InChI=1S/C13H9BrFN3/c14-10-5-12(17)13(6-11(10)15)18-9-3-1-2-8(4-9)7-16/h1-6,18H,17H2. The Morgan fingerprint density at radius 2 is 2.06 bits per heavy atom. The second-order valence-electron chi connectivity index (χ2n) is 3.67. The van der Waals surface area contributed by atoms with Gasteiger partial charge in [0.05, 0.1) is 27.5 Å². The van der Waals surface area contributed by atoms with Gasteiger partial charge in [-0.3, -0.25) is 0 Å². The fraction of sp³-hybridized carbons (Fsp3) is 0. The molecule has 0 fully saturated rings. The quantitative estimate of drug-likeness (QED) is 0.830. The summed E-state index contributed by atoms with van der Waals surface area (Å²) in [6, 6.07) is 11.7. The Morgan fingerprint density at radius 3 is 2.78 bits per heavy atom. The van der Waals surface area contributed by atoms with Gasteiger partial charge in [0.25, 0.3) is 0 Å². The summed E-state index contributed by atoms with van der Waals surface area (Å²) in [5.41, 5.74) is 7.88. The maximum absolute atomic E-state index is 13.4. The topological polar surface area (TPSA) is 61.8 Å². The highest BCUT2D eigenvalue weighted by molar-refractivity contribution is 9.10. The first kappa shape index (κ1) is 12.4. The van der Waals surface area contributed by atoms with Gasteiger partial charge in [-0.15, -0.1) is 0 Å². The molecule has 5 heteroatoms. The molecule has 0 aliphatic rings. The fourth-order valence-corrected chi connectivity index (χ4v) is 1.85. The van der Waals surface area contributed by atoms with E-state index in [1.165, 1.54) is 12.1 Å². The third-order valence-electron chi connectivity index (χ3n) is 2.36. The number of rotatable bonds is 2. The van der Waals surface area contributed by atoms with Crippen molar-refractivity contribution in [2.45, 2.75) is 0 Å². The second kappa shape index (κ2) is 5.07. The summed E-state index contributed by atoms with van der Waals surface area (Å²) in [5, 5.41) is 11.8. The van der Waals surface area contributed by atoms with E-state index in [1.807, 2.05) is 6.07 Å². The van der Waals surface area contributed by atoms with Crippen molar-refractivity contribution >= 4 is 33.0 Å². The molecule has 0 saturated carbocycles. The molecule has 0 spiro atoms. The Balaban J connectivity index is 2.34. The summed E-state index contributed by atoms with van der Waals surface area (Å²) in [5.74, 6) is -0.400. The van der Waals surface area contributed by atoms with Crippen molar-refractivity contribution in [2.75, 3.05) is 11.1 Å². The van der Waals surface area contributed by atoms with Crippen LogP contribution in [0.25, 0.3) is 0 Å². The van der Waals surface area contributed by atoms with Gasteiger partial charge in [-0.25, -0.2) is 4.39 Å². The first-order valence-electron chi connectivity index (χ1n) is 5.12. The van der Waals surface area contributed by atoms with E-state index in [2.05, 4.69) is 21.2 Å². The molecule has 0 aromatic heterocycles. The first-order chi connectivity index (χ1) is 8.60. The summed E-state index contributed by atoms with van der Waals surface area (Å²) < 4.78 is 13.7. The van der Waals surface area contributed by atoms with Gasteiger partial charge in [0.2, 0.25) is 0 Å². The Hall–Kier alpha value is -2.06. The van der Waals surface area contributed by atoms with Crippen LogP contribution in [0.3, 0.4) is 0 Å². The van der Waals surface area contributed by atoms with Crippen LogP contribution in [-0.2, 0) is 0 Å². The zero-order valence-electron chi connectivity index (χ0n) is 9.24. The van der Waals surface area contributed by atoms with Gasteiger partial charge in [0.15, 0.2) is 0 Å². The van der Waals surface area contributed by atoms with Crippen LogP contribution in [-0.4, -0.2) is 0 Å². The van der Waals surface area contributed by atoms with Gasteiger partial charge < -0.3 is 11.1 Å². The summed E-state index contributed by atoms with van der Waals surface area (Å²) in [4.78, 5) is 0. The van der Waals surface area contributed by atoms with Crippen LogP contribution in [0.1, 0.15) is 5.56 Å². The number of halogens is 2. The number of nitrogens with one attached hydrogen (secondary N) is 1. The van der Waals surface area contributed by atoms with E-state index in [0.29, 0.717) is 27.1 Å². The van der Waals surface area contributed by atoms with E-state index < -0.39 is 5.82 Å². The third-order valence-corrected chi connectivity index (χ3v) is 2.97. The molecule has 3 N–H and O–H groups in total. The van der Waals surface area contributed by atoms with Crippen molar-refractivity contribution in [2.24, 2.45) is 0 Å².